The Morgan fingerprint density at radius 3 is 2.58 bits per heavy atom. The summed E-state index contributed by atoms with van der Waals surface area (Å²) in [4.78, 5) is 5.19. The third kappa shape index (κ3) is 4.80. The van der Waals surface area contributed by atoms with E-state index >= 15 is 0 Å². The molecule has 0 aliphatic heterocycles. The van der Waals surface area contributed by atoms with Crippen LogP contribution in [0.2, 0.25) is 0 Å². The summed E-state index contributed by atoms with van der Waals surface area (Å²) in [6.07, 6.45) is 5.23. The average Bonchev–Trinajstić information content (AvgIpc) is 3.01. The first-order valence-electron chi connectivity index (χ1n) is 7.73. The van der Waals surface area contributed by atoms with Crippen molar-refractivity contribution in [1.29, 1.82) is 0 Å². The van der Waals surface area contributed by atoms with Crippen LogP contribution in [0.4, 0.5) is 5.69 Å². The van der Waals surface area contributed by atoms with E-state index < -0.39 is 10.8 Å². The predicted octanol–water partition coefficient (Wildman–Crippen LogP) is 3.46. The molecule has 1 aliphatic carbocycles. The topological polar surface area (TPSA) is 67.5 Å². The van der Waals surface area contributed by atoms with Gasteiger partial charge in [-0.1, -0.05) is 18.2 Å². The van der Waals surface area contributed by atoms with Crippen LogP contribution in [-0.2, 0) is 30.2 Å². The molecule has 0 radical (unpaired) electrons. The van der Waals surface area contributed by atoms with Crippen LogP contribution >= 0.6 is 24.0 Å². The molecule has 3 rings (SSSR count). The van der Waals surface area contributed by atoms with Crippen molar-refractivity contribution >= 4 is 46.4 Å². The van der Waals surface area contributed by atoms with Crippen LogP contribution in [0, 0.1) is 0 Å². The molecule has 1 aliphatic rings. The van der Waals surface area contributed by atoms with Crippen molar-refractivity contribution in [1.82, 2.24) is 0 Å². The van der Waals surface area contributed by atoms with Crippen LogP contribution in [-0.4, -0.2) is 16.4 Å². The zero-order chi connectivity index (χ0) is 16.2. The lowest BCUT2D eigenvalue weighted by Crippen LogP contribution is -2.22. The Morgan fingerprint density at radius 1 is 1.17 bits per heavy atom. The molecule has 0 saturated carbocycles. The predicted molar refractivity (Wildman–Crippen MR) is 112 cm³/mol. The number of nitrogens with two attached hydrogens (primary N) is 1. The first-order chi connectivity index (χ1) is 11.1. The molecular weight excluding hydrogens is 433 g/mol. The highest BCUT2D eigenvalue weighted by molar-refractivity contribution is 14.0. The lowest BCUT2D eigenvalue weighted by molar-refractivity contribution is 0.687. The monoisotopic (exact) mass is 455 g/mol. The van der Waals surface area contributed by atoms with E-state index in [0.717, 1.165) is 22.6 Å². The summed E-state index contributed by atoms with van der Waals surface area (Å²) in [5.41, 5.74) is 10.8. The van der Waals surface area contributed by atoms with Crippen molar-refractivity contribution in [2.24, 2.45) is 10.7 Å². The van der Waals surface area contributed by atoms with Gasteiger partial charge in [0.05, 0.1) is 6.54 Å². The van der Waals surface area contributed by atoms with Crippen molar-refractivity contribution in [3.8, 4) is 0 Å². The molecule has 2 aromatic rings. The summed E-state index contributed by atoms with van der Waals surface area (Å²) >= 11 is 0. The lowest BCUT2D eigenvalue weighted by Gasteiger charge is -2.08. The number of hydrogen-bond acceptors (Lipinski definition) is 2. The van der Waals surface area contributed by atoms with Gasteiger partial charge in [-0.15, -0.1) is 24.0 Å². The molecular formula is C18H22IN3OS. The van der Waals surface area contributed by atoms with Crippen LogP contribution in [0.15, 0.2) is 52.4 Å². The molecule has 0 fully saturated rings. The fourth-order valence-corrected chi connectivity index (χ4v) is 3.32. The zero-order valence-electron chi connectivity index (χ0n) is 13.6. The van der Waals surface area contributed by atoms with Gasteiger partial charge in [0, 0.05) is 27.6 Å². The van der Waals surface area contributed by atoms with E-state index in [2.05, 4.69) is 28.5 Å². The Hall–Kier alpha value is -1.41. The number of nitrogens with zero attached hydrogens (tertiary/aromatic N) is 1. The molecule has 2 aromatic carbocycles. The highest BCUT2D eigenvalue weighted by Gasteiger charge is 2.10. The summed E-state index contributed by atoms with van der Waals surface area (Å²) < 4.78 is 11.4. The van der Waals surface area contributed by atoms with Gasteiger partial charge in [0.2, 0.25) is 0 Å². The number of benzene rings is 2. The van der Waals surface area contributed by atoms with Gasteiger partial charge in [-0.05, 0) is 60.2 Å². The van der Waals surface area contributed by atoms with E-state index in [4.69, 9.17) is 5.73 Å². The molecule has 0 heterocycles. The molecule has 1 atom stereocenters. The number of hydrogen-bond donors (Lipinski definition) is 2. The van der Waals surface area contributed by atoms with Gasteiger partial charge in [0.15, 0.2) is 5.96 Å². The van der Waals surface area contributed by atoms with Gasteiger partial charge in [-0.2, -0.15) is 0 Å². The quantitative estimate of drug-likeness (QED) is 0.422. The Labute approximate surface area is 162 Å². The first kappa shape index (κ1) is 18.9. The van der Waals surface area contributed by atoms with E-state index in [1.165, 1.54) is 24.0 Å². The van der Waals surface area contributed by atoms with E-state index in [-0.39, 0.29) is 24.0 Å². The minimum absolute atomic E-state index is 0. The highest BCUT2D eigenvalue weighted by atomic mass is 127. The molecule has 4 nitrogen and oxygen atoms in total. The van der Waals surface area contributed by atoms with E-state index in [0.29, 0.717) is 12.5 Å². The minimum atomic E-state index is -0.950. The highest BCUT2D eigenvalue weighted by Crippen LogP contribution is 2.24. The van der Waals surface area contributed by atoms with Crippen LogP contribution in [0.3, 0.4) is 0 Å². The second-order valence-corrected chi connectivity index (χ2v) is 7.14. The SMILES string of the molecule is CS(=O)c1ccc(CN=C(N)Nc2ccc3c(c2)CCC3)cc1.I. The Balaban J connectivity index is 0.00000208. The molecule has 0 aromatic heterocycles. The van der Waals surface area contributed by atoms with Crippen molar-refractivity contribution in [3.63, 3.8) is 0 Å². The second-order valence-electron chi connectivity index (χ2n) is 5.76. The molecule has 6 heteroatoms. The van der Waals surface area contributed by atoms with Gasteiger partial charge in [-0.3, -0.25) is 4.21 Å². The Bertz CT molecular complexity index is 759. The minimum Gasteiger partial charge on any atom is -0.370 e. The van der Waals surface area contributed by atoms with Crippen molar-refractivity contribution in [2.45, 2.75) is 30.7 Å². The normalized spacial score (nSPS) is 14.6. The Morgan fingerprint density at radius 2 is 1.88 bits per heavy atom. The molecule has 0 amide bonds. The standard InChI is InChI=1S/C18H21N3OS.HI/c1-23(22)17-9-5-13(6-10-17)12-20-18(19)21-16-8-7-14-3-2-4-15(14)11-16;/h5-11H,2-4,12H2,1H3,(H3,19,20,21);1H. The molecule has 0 spiro atoms. The number of guanidine groups is 1. The fraction of sp³-hybridized carbons (Fsp3) is 0.278. The fourth-order valence-electron chi connectivity index (χ4n) is 2.80. The maximum absolute atomic E-state index is 11.4. The largest absolute Gasteiger partial charge is 0.370 e. The molecule has 3 N–H and O–H groups in total. The first-order valence-corrected chi connectivity index (χ1v) is 9.29. The summed E-state index contributed by atoms with van der Waals surface area (Å²) in [5.74, 6) is 0.408. The third-order valence-electron chi connectivity index (χ3n) is 4.06. The summed E-state index contributed by atoms with van der Waals surface area (Å²) in [6, 6.07) is 14.0. The van der Waals surface area contributed by atoms with E-state index in [1.54, 1.807) is 6.26 Å². The van der Waals surface area contributed by atoms with Gasteiger partial charge in [-0.25, -0.2) is 4.99 Å². The molecule has 1 unspecified atom stereocenters. The average molecular weight is 455 g/mol. The van der Waals surface area contributed by atoms with Gasteiger partial charge in [0.1, 0.15) is 0 Å². The third-order valence-corrected chi connectivity index (χ3v) is 4.99. The van der Waals surface area contributed by atoms with E-state index in [9.17, 15) is 4.21 Å². The maximum atomic E-state index is 11.4. The van der Waals surface area contributed by atoms with E-state index in [1.807, 2.05) is 24.3 Å². The second kappa shape index (κ2) is 8.62. The van der Waals surface area contributed by atoms with Crippen molar-refractivity contribution in [2.75, 3.05) is 11.6 Å². The number of aryl methyl sites for hydroxylation is 2. The summed E-state index contributed by atoms with van der Waals surface area (Å²) in [5, 5.41) is 3.15. The van der Waals surface area contributed by atoms with Crippen molar-refractivity contribution < 1.29 is 4.21 Å². The summed E-state index contributed by atoms with van der Waals surface area (Å²) in [7, 11) is -0.950. The van der Waals surface area contributed by atoms with Gasteiger partial charge in [0.25, 0.3) is 0 Å². The number of aliphatic imine (C=N–C) groups is 1. The molecule has 128 valence electrons. The molecule has 24 heavy (non-hydrogen) atoms. The van der Waals surface area contributed by atoms with Crippen LogP contribution in [0.25, 0.3) is 0 Å². The molecule has 0 saturated heterocycles. The van der Waals surface area contributed by atoms with Gasteiger partial charge >= 0.3 is 0 Å². The summed E-state index contributed by atoms with van der Waals surface area (Å²) in [6.45, 7) is 0.500. The lowest BCUT2D eigenvalue weighted by atomic mass is 10.1. The number of rotatable bonds is 4. The molecule has 0 bridgehead atoms. The number of nitrogens with one attached hydrogen (secondary N) is 1. The van der Waals surface area contributed by atoms with Crippen LogP contribution in [0.1, 0.15) is 23.1 Å². The maximum Gasteiger partial charge on any atom is 0.193 e. The zero-order valence-corrected chi connectivity index (χ0v) is 16.8. The van der Waals surface area contributed by atoms with Crippen molar-refractivity contribution in [3.05, 3.63) is 59.2 Å². The van der Waals surface area contributed by atoms with Crippen LogP contribution < -0.4 is 11.1 Å². The van der Waals surface area contributed by atoms with Gasteiger partial charge < -0.3 is 11.1 Å². The smallest absolute Gasteiger partial charge is 0.193 e. The number of fused-ring (bicyclic) bond motifs is 1. The number of anilines is 1. The van der Waals surface area contributed by atoms with Crippen LogP contribution in [0.5, 0.6) is 0 Å². The number of halogens is 1. The Kier molecular flexibility index (Phi) is 6.79.